The van der Waals surface area contributed by atoms with Crippen LogP contribution in [0.4, 0.5) is 17.1 Å². The lowest BCUT2D eigenvalue weighted by Gasteiger charge is -2.34. The molecule has 0 amide bonds. The van der Waals surface area contributed by atoms with E-state index >= 15 is 0 Å². The minimum atomic E-state index is -3.75. The highest BCUT2D eigenvalue weighted by molar-refractivity contribution is 7.89. The van der Waals surface area contributed by atoms with E-state index in [-0.39, 0.29) is 16.6 Å². The number of nitrogens with zero attached hydrogens (tertiary/aromatic N) is 4. The van der Waals surface area contributed by atoms with Crippen molar-refractivity contribution in [2.24, 2.45) is 7.05 Å². The fourth-order valence-electron chi connectivity index (χ4n) is 3.19. The summed E-state index contributed by atoms with van der Waals surface area (Å²) in [6.45, 7) is 1.57. The molecule has 0 saturated carbocycles. The van der Waals surface area contributed by atoms with Crippen LogP contribution < -0.4 is 14.9 Å². The van der Waals surface area contributed by atoms with E-state index in [0.29, 0.717) is 12.2 Å². The zero-order chi connectivity index (χ0) is 19.6. The van der Waals surface area contributed by atoms with Crippen LogP contribution in [0.3, 0.4) is 0 Å². The summed E-state index contributed by atoms with van der Waals surface area (Å²) in [6.07, 6.45) is 5.53. The molecular formula is C16H22N6O4S. The highest BCUT2D eigenvalue weighted by Gasteiger charge is 2.25. The molecule has 10 nitrogen and oxygen atoms in total. The van der Waals surface area contributed by atoms with Gasteiger partial charge < -0.3 is 10.2 Å². The van der Waals surface area contributed by atoms with Gasteiger partial charge in [-0.1, -0.05) is 0 Å². The molecule has 1 fully saturated rings. The van der Waals surface area contributed by atoms with Crippen LogP contribution in [-0.2, 0) is 17.1 Å². The third-order valence-corrected chi connectivity index (χ3v) is 5.99. The van der Waals surface area contributed by atoms with Gasteiger partial charge in [0.2, 0.25) is 10.0 Å². The minimum Gasteiger partial charge on any atom is -0.375 e. The minimum absolute atomic E-state index is 0.00409. The first-order valence-corrected chi connectivity index (χ1v) is 10.0. The second-order valence-electron chi connectivity index (χ2n) is 6.45. The van der Waals surface area contributed by atoms with E-state index in [0.717, 1.165) is 31.1 Å². The molecule has 27 heavy (non-hydrogen) atoms. The Labute approximate surface area is 157 Å². The first kappa shape index (κ1) is 19.1. The monoisotopic (exact) mass is 394 g/mol. The van der Waals surface area contributed by atoms with Gasteiger partial charge in [-0.15, -0.1) is 0 Å². The largest absolute Gasteiger partial charge is 0.375 e. The van der Waals surface area contributed by atoms with E-state index in [1.807, 2.05) is 13.2 Å². The first-order valence-electron chi connectivity index (χ1n) is 8.52. The van der Waals surface area contributed by atoms with Crippen LogP contribution in [0, 0.1) is 10.1 Å². The number of rotatable bonds is 6. The third kappa shape index (κ3) is 4.19. The van der Waals surface area contributed by atoms with Gasteiger partial charge in [0.1, 0.15) is 5.69 Å². The number of aromatic nitrogens is 2. The van der Waals surface area contributed by atoms with Crippen LogP contribution in [0.25, 0.3) is 0 Å². The number of anilines is 2. The lowest BCUT2D eigenvalue weighted by Crippen LogP contribution is -2.42. The number of hydrogen-bond donors (Lipinski definition) is 2. The van der Waals surface area contributed by atoms with Crippen molar-refractivity contribution >= 4 is 27.1 Å². The maximum absolute atomic E-state index is 11.9. The molecule has 2 heterocycles. The summed E-state index contributed by atoms with van der Waals surface area (Å²) in [5.74, 6) is 0. The van der Waals surface area contributed by atoms with Crippen LogP contribution in [0.1, 0.15) is 12.8 Å². The van der Waals surface area contributed by atoms with Crippen LogP contribution in [-0.4, -0.2) is 49.3 Å². The van der Waals surface area contributed by atoms with Crippen molar-refractivity contribution in [2.75, 3.05) is 30.4 Å². The van der Waals surface area contributed by atoms with E-state index in [4.69, 9.17) is 0 Å². The Balaban J connectivity index is 1.81. The Morgan fingerprint density at radius 3 is 2.78 bits per heavy atom. The molecule has 1 aliphatic heterocycles. The lowest BCUT2D eigenvalue weighted by molar-refractivity contribution is -0.384. The molecular weight excluding hydrogens is 372 g/mol. The third-order valence-electron chi connectivity index (χ3n) is 4.58. The molecule has 2 N–H and O–H groups in total. The van der Waals surface area contributed by atoms with Gasteiger partial charge in [0.15, 0.2) is 0 Å². The molecule has 146 valence electrons. The summed E-state index contributed by atoms with van der Waals surface area (Å²) >= 11 is 0. The topological polar surface area (TPSA) is 122 Å². The number of nitro benzene ring substituents is 1. The number of nitro groups is 1. The molecule has 2 aromatic rings. The summed E-state index contributed by atoms with van der Waals surface area (Å²) in [5.41, 5.74) is 1.06. The fraction of sp³-hybridized carbons (Fsp3) is 0.438. The molecule has 3 rings (SSSR count). The summed E-state index contributed by atoms with van der Waals surface area (Å²) < 4.78 is 27.7. The van der Waals surface area contributed by atoms with Crippen molar-refractivity contribution in [3.8, 4) is 0 Å². The predicted molar refractivity (Wildman–Crippen MR) is 101 cm³/mol. The molecule has 1 aromatic carbocycles. The average Bonchev–Trinajstić information content (AvgIpc) is 3.08. The quantitative estimate of drug-likeness (QED) is 0.559. The second-order valence-corrected chi connectivity index (χ2v) is 8.33. The van der Waals surface area contributed by atoms with Gasteiger partial charge in [-0.3, -0.25) is 14.8 Å². The number of aryl methyl sites for hydroxylation is 1. The fourth-order valence-corrected chi connectivity index (χ4v) is 3.94. The normalized spacial score (nSPS) is 17.7. The molecule has 1 unspecified atom stereocenters. The SMILES string of the molecule is CNS(=O)(=O)c1ccc(NC2CCCN(c3cnn(C)c3)C2)c([N+](=O)[O-])c1. The summed E-state index contributed by atoms with van der Waals surface area (Å²) in [7, 11) is -0.626. The lowest BCUT2D eigenvalue weighted by atomic mass is 10.0. The Morgan fingerprint density at radius 1 is 1.37 bits per heavy atom. The van der Waals surface area contributed by atoms with Crippen LogP contribution >= 0.6 is 0 Å². The number of hydrogen-bond acceptors (Lipinski definition) is 7. The van der Waals surface area contributed by atoms with Crippen LogP contribution in [0.5, 0.6) is 0 Å². The number of benzene rings is 1. The van der Waals surface area contributed by atoms with Gasteiger partial charge in [-0.2, -0.15) is 5.10 Å². The highest BCUT2D eigenvalue weighted by atomic mass is 32.2. The zero-order valence-corrected chi connectivity index (χ0v) is 15.9. The van der Waals surface area contributed by atoms with E-state index in [2.05, 4.69) is 20.0 Å². The number of piperidine rings is 1. The molecule has 1 saturated heterocycles. The first-order chi connectivity index (χ1) is 12.8. The Morgan fingerprint density at radius 2 is 2.15 bits per heavy atom. The molecule has 0 bridgehead atoms. The van der Waals surface area contributed by atoms with Gasteiger partial charge in [-0.25, -0.2) is 13.1 Å². The summed E-state index contributed by atoms with van der Waals surface area (Å²) in [5, 5.41) is 18.8. The van der Waals surface area contributed by atoms with Gasteiger partial charge in [0.05, 0.1) is 21.7 Å². The van der Waals surface area contributed by atoms with Crippen molar-refractivity contribution < 1.29 is 13.3 Å². The highest BCUT2D eigenvalue weighted by Crippen LogP contribution is 2.30. The van der Waals surface area contributed by atoms with Gasteiger partial charge >= 0.3 is 0 Å². The van der Waals surface area contributed by atoms with E-state index in [1.54, 1.807) is 10.9 Å². The molecule has 11 heteroatoms. The smallest absolute Gasteiger partial charge is 0.293 e. The van der Waals surface area contributed by atoms with E-state index in [9.17, 15) is 18.5 Å². The van der Waals surface area contributed by atoms with Crippen molar-refractivity contribution in [2.45, 2.75) is 23.8 Å². The van der Waals surface area contributed by atoms with Crippen molar-refractivity contribution in [1.82, 2.24) is 14.5 Å². The summed E-state index contributed by atoms with van der Waals surface area (Å²) in [4.78, 5) is 12.9. The molecule has 0 spiro atoms. The van der Waals surface area contributed by atoms with Crippen molar-refractivity contribution in [3.05, 3.63) is 40.7 Å². The van der Waals surface area contributed by atoms with E-state index in [1.165, 1.54) is 19.2 Å². The molecule has 1 atom stereocenters. The molecule has 1 aromatic heterocycles. The maximum atomic E-state index is 11.9. The average molecular weight is 394 g/mol. The van der Waals surface area contributed by atoms with Crippen molar-refractivity contribution in [3.63, 3.8) is 0 Å². The Bertz CT molecular complexity index is 942. The van der Waals surface area contributed by atoms with Crippen LogP contribution in [0.15, 0.2) is 35.5 Å². The second kappa shape index (κ2) is 7.53. The molecule has 1 aliphatic rings. The standard InChI is InChI=1S/C16H22N6O4S/c1-17-27(25,26)14-5-6-15(16(8-14)22(23)24)19-12-4-3-7-21(10-12)13-9-18-20(2)11-13/h5-6,8-9,11-12,17,19H,3-4,7,10H2,1-2H3. The number of nitrogens with one attached hydrogen (secondary N) is 2. The maximum Gasteiger partial charge on any atom is 0.293 e. The predicted octanol–water partition coefficient (Wildman–Crippen LogP) is 1.32. The Hall–Kier alpha value is -2.66. The number of sulfonamides is 1. The Kier molecular flexibility index (Phi) is 5.33. The van der Waals surface area contributed by atoms with Crippen molar-refractivity contribution in [1.29, 1.82) is 0 Å². The van der Waals surface area contributed by atoms with Crippen LogP contribution in [0.2, 0.25) is 0 Å². The molecule has 0 radical (unpaired) electrons. The van der Waals surface area contributed by atoms with Gasteiger partial charge in [0, 0.05) is 38.4 Å². The zero-order valence-electron chi connectivity index (χ0n) is 15.1. The van der Waals surface area contributed by atoms with E-state index < -0.39 is 14.9 Å². The van der Waals surface area contributed by atoms with Gasteiger partial charge in [-0.05, 0) is 32.0 Å². The molecule has 0 aliphatic carbocycles. The summed E-state index contributed by atoms with van der Waals surface area (Å²) in [6, 6.07) is 3.90. The van der Waals surface area contributed by atoms with Gasteiger partial charge in [0.25, 0.3) is 5.69 Å².